The van der Waals surface area contributed by atoms with Gasteiger partial charge in [0, 0.05) is 38.8 Å². The van der Waals surface area contributed by atoms with Crippen LogP contribution in [0.15, 0.2) is 53.2 Å². The molecule has 2 aromatic heterocycles. The zero-order valence-electron chi connectivity index (χ0n) is 16.6. The molecular formula is C22H25N5O2. The molecule has 0 spiro atoms. The van der Waals surface area contributed by atoms with Gasteiger partial charge in [-0.25, -0.2) is 4.98 Å². The van der Waals surface area contributed by atoms with E-state index in [0.717, 1.165) is 43.9 Å². The third-order valence-electron chi connectivity index (χ3n) is 5.16. The summed E-state index contributed by atoms with van der Waals surface area (Å²) in [6, 6.07) is 14.0. The standard InChI is InChI=1S/C22H25N5O2/c1-17-24-22(29-25-17)19-9-5-12-23-21(19)27-14-6-13-26(15-16-27)20(28)11-10-18-7-3-2-4-8-18/h2-5,7-9,12H,6,10-11,13-16H2,1H3. The van der Waals surface area contributed by atoms with Crippen molar-refractivity contribution in [3.8, 4) is 11.5 Å². The molecule has 0 unspecified atom stereocenters. The first-order chi connectivity index (χ1) is 14.2. The van der Waals surface area contributed by atoms with E-state index >= 15 is 0 Å². The molecule has 0 aliphatic carbocycles. The predicted molar refractivity (Wildman–Crippen MR) is 110 cm³/mol. The molecule has 1 aliphatic heterocycles. The highest BCUT2D eigenvalue weighted by molar-refractivity contribution is 5.76. The smallest absolute Gasteiger partial charge is 0.261 e. The van der Waals surface area contributed by atoms with Crippen LogP contribution in [-0.4, -0.2) is 52.1 Å². The number of aromatic nitrogens is 3. The third kappa shape index (κ3) is 4.62. The van der Waals surface area contributed by atoms with Crippen molar-refractivity contribution in [1.29, 1.82) is 0 Å². The van der Waals surface area contributed by atoms with Crippen molar-refractivity contribution in [3.63, 3.8) is 0 Å². The Morgan fingerprint density at radius 1 is 1.07 bits per heavy atom. The number of carbonyl (C=O) groups excluding carboxylic acids is 1. The molecule has 1 aromatic carbocycles. The summed E-state index contributed by atoms with van der Waals surface area (Å²) in [5, 5.41) is 3.89. The van der Waals surface area contributed by atoms with Gasteiger partial charge in [-0.15, -0.1) is 0 Å². The highest BCUT2D eigenvalue weighted by atomic mass is 16.5. The van der Waals surface area contributed by atoms with Crippen molar-refractivity contribution in [2.45, 2.75) is 26.2 Å². The molecule has 1 amide bonds. The van der Waals surface area contributed by atoms with Crippen LogP contribution in [0.5, 0.6) is 0 Å². The van der Waals surface area contributed by atoms with Crippen LogP contribution in [0, 0.1) is 6.92 Å². The molecule has 7 nitrogen and oxygen atoms in total. The summed E-state index contributed by atoms with van der Waals surface area (Å²) in [6.45, 7) is 4.82. The first-order valence-corrected chi connectivity index (χ1v) is 10.0. The van der Waals surface area contributed by atoms with Crippen molar-refractivity contribution < 1.29 is 9.32 Å². The number of benzene rings is 1. The molecule has 0 bridgehead atoms. The largest absolute Gasteiger partial charge is 0.354 e. The fraction of sp³-hybridized carbons (Fsp3) is 0.364. The summed E-state index contributed by atoms with van der Waals surface area (Å²) in [7, 11) is 0. The molecule has 4 rings (SSSR count). The first kappa shape index (κ1) is 19.1. The lowest BCUT2D eigenvalue weighted by Crippen LogP contribution is -2.35. The molecular weight excluding hydrogens is 366 g/mol. The monoisotopic (exact) mass is 391 g/mol. The zero-order valence-corrected chi connectivity index (χ0v) is 16.6. The molecule has 7 heteroatoms. The number of nitrogens with zero attached hydrogens (tertiary/aromatic N) is 5. The van der Waals surface area contributed by atoms with Crippen LogP contribution in [0.25, 0.3) is 11.5 Å². The number of aryl methyl sites for hydroxylation is 2. The van der Waals surface area contributed by atoms with Gasteiger partial charge in [0.25, 0.3) is 5.89 Å². The maximum atomic E-state index is 12.7. The van der Waals surface area contributed by atoms with Crippen LogP contribution in [0.3, 0.4) is 0 Å². The molecule has 150 valence electrons. The number of rotatable bonds is 5. The van der Waals surface area contributed by atoms with Crippen LogP contribution in [-0.2, 0) is 11.2 Å². The summed E-state index contributed by atoms with van der Waals surface area (Å²) >= 11 is 0. The Balaban J connectivity index is 1.41. The van der Waals surface area contributed by atoms with E-state index in [1.165, 1.54) is 5.56 Å². The lowest BCUT2D eigenvalue weighted by Gasteiger charge is -2.24. The van der Waals surface area contributed by atoms with Gasteiger partial charge in [-0.2, -0.15) is 4.98 Å². The Kier molecular flexibility index (Phi) is 5.84. The quantitative estimate of drug-likeness (QED) is 0.665. The van der Waals surface area contributed by atoms with E-state index in [-0.39, 0.29) is 5.91 Å². The molecule has 0 atom stereocenters. The lowest BCUT2D eigenvalue weighted by atomic mass is 10.1. The van der Waals surface area contributed by atoms with Crippen LogP contribution in [0.4, 0.5) is 5.82 Å². The number of amides is 1. The number of pyridine rings is 1. The van der Waals surface area contributed by atoms with Crippen LogP contribution >= 0.6 is 0 Å². The van der Waals surface area contributed by atoms with Crippen LogP contribution < -0.4 is 4.90 Å². The molecule has 29 heavy (non-hydrogen) atoms. The second kappa shape index (κ2) is 8.86. The minimum absolute atomic E-state index is 0.212. The Labute approximate surface area is 170 Å². The Bertz CT molecular complexity index is 957. The average Bonchev–Trinajstić information content (AvgIpc) is 3.04. The summed E-state index contributed by atoms with van der Waals surface area (Å²) in [5.41, 5.74) is 2.03. The first-order valence-electron chi connectivity index (χ1n) is 10.0. The minimum atomic E-state index is 0.212. The van der Waals surface area contributed by atoms with Gasteiger partial charge in [0.05, 0.1) is 5.56 Å². The molecule has 1 aliphatic rings. The highest BCUT2D eigenvalue weighted by Gasteiger charge is 2.23. The second-order valence-electron chi connectivity index (χ2n) is 7.23. The molecule has 0 radical (unpaired) electrons. The number of hydrogen-bond acceptors (Lipinski definition) is 6. The number of carbonyl (C=O) groups is 1. The van der Waals surface area contributed by atoms with Gasteiger partial charge in [-0.3, -0.25) is 4.79 Å². The number of hydrogen-bond donors (Lipinski definition) is 0. The second-order valence-corrected chi connectivity index (χ2v) is 7.23. The van der Waals surface area contributed by atoms with Gasteiger partial charge in [0.2, 0.25) is 5.91 Å². The van der Waals surface area contributed by atoms with Crippen molar-refractivity contribution >= 4 is 11.7 Å². The Morgan fingerprint density at radius 3 is 2.72 bits per heavy atom. The van der Waals surface area contributed by atoms with Crippen molar-refractivity contribution in [1.82, 2.24) is 20.0 Å². The average molecular weight is 391 g/mol. The van der Waals surface area contributed by atoms with Crippen molar-refractivity contribution in [3.05, 3.63) is 60.0 Å². The van der Waals surface area contributed by atoms with Gasteiger partial charge in [-0.05, 0) is 37.5 Å². The lowest BCUT2D eigenvalue weighted by molar-refractivity contribution is -0.130. The van der Waals surface area contributed by atoms with Crippen LogP contribution in [0.1, 0.15) is 24.2 Å². The summed E-state index contributed by atoms with van der Waals surface area (Å²) in [4.78, 5) is 25.8. The molecule has 1 fully saturated rings. The molecule has 3 heterocycles. The number of anilines is 1. The SMILES string of the molecule is Cc1noc(-c2cccnc2N2CCCN(C(=O)CCc3ccccc3)CC2)n1. The van der Waals surface area contributed by atoms with E-state index in [9.17, 15) is 4.79 Å². The van der Waals surface area contributed by atoms with Gasteiger partial charge in [0.15, 0.2) is 5.82 Å². The predicted octanol–water partition coefficient (Wildman–Crippen LogP) is 3.11. The zero-order chi connectivity index (χ0) is 20.1. The Hall–Kier alpha value is -3.22. The van der Waals surface area contributed by atoms with Gasteiger partial charge < -0.3 is 14.3 Å². The molecule has 0 saturated carbocycles. The van der Waals surface area contributed by atoms with E-state index in [0.29, 0.717) is 24.7 Å². The van der Waals surface area contributed by atoms with Gasteiger partial charge in [0.1, 0.15) is 5.82 Å². The van der Waals surface area contributed by atoms with Gasteiger partial charge in [-0.1, -0.05) is 35.5 Å². The van der Waals surface area contributed by atoms with E-state index in [1.54, 1.807) is 13.1 Å². The summed E-state index contributed by atoms with van der Waals surface area (Å²) in [5.74, 6) is 2.12. The maximum absolute atomic E-state index is 12.7. The molecule has 3 aromatic rings. The summed E-state index contributed by atoms with van der Waals surface area (Å²) < 4.78 is 5.35. The van der Waals surface area contributed by atoms with E-state index in [4.69, 9.17) is 4.52 Å². The maximum Gasteiger partial charge on any atom is 0.261 e. The van der Waals surface area contributed by atoms with E-state index in [2.05, 4.69) is 32.2 Å². The van der Waals surface area contributed by atoms with Crippen molar-refractivity contribution in [2.75, 3.05) is 31.1 Å². The summed E-state index contributed by atoms with van der Waals surface area (Å²) in [6.07, 6.45) is 3.99. The molecule has 0 N–H and O–H groups in total. The fourth-order valence-corrected chi connectivity index (χ4v) is 3.66. The van der Waals surface area contributed by atoms with E-state index < -0.39 is 0 Å². The topological polar surface area (TPSA) is 75.4 Å². The molecule has 1 saturated heterocycles. The van der Waals surface area contributed by atoms with Crippen molar-refractivity contribution in [2.24, 2.45) is 0 Å². The fourth-order valence-electron chi connectivity index (χ4n) is 3.66. The van der Waals surface area contributed by atoms with Crippen LogP contribution in [0.2, 0.25) is 0 Å². The van der Waals surface area contributed by atoms with Gasteiger partial charge >= 0.3 is 0 Å². The minimum Gasteiger partial charge on any atom is -0.354 e. The van der Waals surface area contributed by atoms with E-state index in [1.807, 2.05) is 35.2 Å². The normalized spacial score (nSPS) is 14.7. The Morgan fingerprint density at radius 2 is 1.93 bits per heavy atom. The third-order valence-corrected chi connectivity index (χ3v) is 5.16. The highest BCUT2D eigenvalue weighted by Crippen LogP contribution is 2.28.